The van der Waals surface area contributed by atoms with Crippen LogP contribution in [0.15, 0.2) is 0 Å². The minimum absolute atomic E-state index is 0.0368. The Morgan fingerprint density at radius 3 is 2.68 bits per heavy atom. The third kappa shape index (κ3) is 3.48. The molecule has 6 heteroatoms. The van der Waals surface area contributed by atoms with Gasteiger partial charge in [0.15, 0.2) is 0 Å². The molecule has 1 atom stereocenters. The molecule has 1 saturated heterocycles. The fraction of sp³-hybridized carbons (Fsp3) is 0.688. The highest BCUT2D eigenvalue weighted by atomic mass is 16.4. The van der Waals surface area contributed by atoms with Gasteiger partial charge in [-0.15, -0.1) is 0 Å². The van der Waals surface area contributed by atoms with Gasteiger partial charge in [0.05, 0.1) is 11.3 Å². The molecule has 1 aliphatic heterocycles. The van der Waals surface area contributed by atoms with E-state index < -0.39 is 5.97 Å². The third-order valence-corrected chi connectivity index (χ3v) is 4.47. The number of nitrogens with zero attached hydrogens (tertiary/aromatic N) is 3. The van der Waals surface area contributed by atoms with Crippen molar-refractivity contribution in [3.8, 4) is 0 Å². The number of carbonyl (C=O) groups is 2. The number of carboxylic acids is 1. The second-order valence-electron chi connectivity index (χ2n) is 6.05. The molecule has 1 fully saturated rings. The van der Waals surface area contributed by atoms with E-state index in [1.807, 2.05) is 30.4 Å². The van der Waals surface area contributed by atoms with Crippen LogP contribution in [0.2, 0.25) is 0 Å². The van der Waals surface area contributed by atoms with Crippen molar-refractivity contribution < 1.29 is 14.7 Å². The van der Waals surface area contributed by atoms with Crippen molar-refractivity contribution >= 4 is 11.9 Å². The molecule has 2 rings (SSSR count). The fourth-order valence-electron chi connectivity index (χ4n) is 3.29. The second-order valence-corrected chi connectivity index (χ2v) is 6.05. The van der Waals surface area contributed by atoms with Crippen LogP contribution in [-0.2, 0) is 11.3 Å². The molecule has 2 heterocycles. The van der Waals surface area contributed by atoms with Gasteiger partial charge >= 0.3 is 5.97 Å². The molecule has 122 valence electrons. The number of rotatable bonds is 5. The van der Waals surface area contributed by atoms with Crippen LogP contribution in [0.1, 0.15) is 54.4 Å². The zero-order valence-corrected chi connectivity index (χ0v) is 13.6. The van der Waals surface area contributed by atoms with Crippen molar-refractivity contribution in [2.24, 2.45) is 5.92 Å². The Hall–Kier alpha value is -1.85. The van der Waals surface area contributed by atoms with Crippen LogP contribution in [0.4, 0.5) is 0 Å². The lowest BCUT2D eigenvalue weighted by Crippen LogP contribution is -2.40. The average Bonchev–Trinajstić information content (AvgIpc) is 2.79. The summed E-state index contributed by atoms with van der Waals surface area (Å²) < 4.78 is 1.86. The summed E-state index contributed by atoms with van der Waals surface area (Å²) in [6.07, 6.45) is 2.77. The van der Waals surface area contributed by atoms with Gasteiger partial charge in [-0.25, -0.2) is 0 Å². The van der Waals surface area contributed by atoms with Gasteiger partial charge in [-0.3, -0.25) is 14.3 Å². The van der Waals surface area contributed by atoms with Crippen LogP contribution < -0.4 is 0 Å². The van der Waals surface area contributed by atoms with Gasteiger partial charge < -0.3 is 10.0 Å². The summed E-state index contributed by atoms with van der Waals surface area (Å²) in [7, 11) is 0. The zero-order valence-electron chi connectivity index (χ0n) is 13.6. The Kier molecular flexibility index (Phi) is 5.21. The van der Waals surface area contributed by atoms with E-state index in [0.717, 1.165) is 37.3 Å². The molecule has 1 aromatic heterocycles. The smallest absolute Gasteiger partial charge is 0.303 e. The number of aliphatic carboxylic acids is 1. The lowest BCUT2D eigenvalue weighted by molar-refractivity contribution is -0.137. The number of likely N-dealkylation sites (tertiary alicyclic amines) is 1. The van der Waals surface area contributed by atoms with Gasteiger partial charge in [0.2, 0.25) is 0 Å². The number of piperidine rings is 1. The summed E-state index contributed by atoms with van der Waals surface area (Å²) in [6, 6.07) is 0. The summed E-state index contributed by atoms with van der Waals surface area (Å²) >= 11 is 0. The molecule has 22 heavy (non-hydrogen) atoms. The normalized spacial score (nSPS) is 18.5. The van der Waals surface area contributed by atoms with Crippen LogP contribution in [-0.4, -0.2) is 44.8 Å². The number of carboxylic acid groups (broad SMARTS) is 1. The van der Waals surface area contributed by atoms with Crippen molar-refractivity contribution in [2.75, 3.05) is 13.1 Å². The lowest BCUT2D eigenvalue weighted by Gasteiger charge is -2.32. The standard InChI is InChI=1S/C16H25N3O3/c1-4-19-12(3)15(11(2)17-19)16(22)18-9-5-6-13(10-18)7-8-14(20)21/h13H,4-10H2,1-3H3,(H,20,21). The summed E-state index contributed by atoms with van der Waals surface area (Å²) in [5.41, 5.74) is 2.40. The van der Waals surface area contributed by atoms with Gasteiger partial charge in [0.25, 0.3) is 5.91 Å². The predicted octanol–water partition coefficient (Wildman–Crippen LogP) is 2.24. The van der Waals surface area contributed by atoms with Crippen molar-refractivity contribution in [3.63, 3.8) is 0 Å². The maximum absolute atomic E-state index is 12.8. The first-order chi connectivity index (χ1) is 10.4. The molecule has 0 spiro atoms. The minimum atomic E-state index is -0.764. The average molecular weight is 307 g/mol. The Labute approximate surface area is 131 Å². The van der Waals surface area contributed by atoms with Crippen molar-refractivity contribution in [3.05, 3.63) is 17.0 Å². The number of hydrogen-bond acceptors (Lipinski definition) is 3. The second kappa shape index (κ2) is 6.94. The molecule has 0 bridgehead atoms. The van der Waals surface area contributed by atoms with Crippen LogP contribution in [0, 0.1) is 19.8 Å². The molecule has 0 aliphatic carbocycles. The summed E-state index contributed by atoms with van der Waals surface area (Å²) in [5, 5.41) is 13.2. The highest BCUT2D eigenvalue weighted by molar-refractivity contribution is 5.96. The third-order valence-electron chi connectivity index (χ3n) is 4.47. The first-order valence-electron chi connectivity index (χ1n) is 7.99. The highest BCUT2D eigenvalue weighted by Gasteiger charge is 2.28. The molecule has 0 aromatic carbocycles. The molecular weight excluding hydrogens is 282 g/mol. The first kappa shape index (κ1) is 16.5. The molecule has 1 aromatic rings. The van der Waals surface area contributed by atoms with E-state index in [1.165, 1.54) is 0 Å². The maximum Gasteiger partial charge on any atom is 0.303 e. The van der Waals surface area contributed by atoms with Crippen LogP contribution in [0.25, 0.3) is 0 Å². The zero-order chi connectivity index (χ0) is 16.3. The summed E-state index contributed by atoms with van der Waals surface area (Å²) in [4.78, 5) is 25.4. The van der Waals surface area contributed by atoms with E-state index >= 15 is 0 Å². The Morgan fingerprint density at radius 1 is 1.36 bits per heavy atom. The van der Waals surface area contributed by atoms with Crippen LogP contribution in [0.3, 0.4) is 0 Å². The van der Waals surface area contributed by atoms with Gasteiger partial charge in [0.1, 0.15) is 0 Å². The SMILES string of the molecule is CCn1nc(C)c(C(=O)N2CCCC(CCC(=O)O)C2)c1C. The van der Waals surface area contributed by atoms with Gasteiger partial charge in [-0.2, -0.15) is 5.10 Å². The summed E-state index contributed by atoms with van der Waals surface area (Å²) in [6.45, 7) is 7.97. The van der Waals surface area contributed by atoms with E-state index in [1.54, 1.807) is 0 Å². The molecule has 6 nitrogen and oxygen atoms in total. The topological polar surface area (TPSA) is 75.4 Å². The number of hydrogen-bond donors (Lipinski definition) is 1. The van der Waals surface area contributed by atoms with Gasteiger partial charge in [-0.05, 0) is 46.0 Å². The Balaban J connectivity index is 2.09. The lowest BCUT2D eigenvalue weighted by atomic mass is 9.93. The Bertz CT molecular complexity index is 565. The van der Waals surface area contributed by atoms with Crippen LogP contribution in [0.5, 0.6) is 0 Å². The summed E-state index contributed by atoms with van der Waals surface area (Å²) in [5.74, 6) is -0.440. The van der Waals surface area contributed by atoms with E-state index in [-0.39, 0.29) is 18.2 Å². The largest absolute Gasteiger partial charge is 0.481 e. The molecule has 1 unspecified atom stereocenters. The fourth-order valence-corrected chi connectivity index (χ4v) is 3.29. The molecule has 0 radical (unpaired) electrons. The number of aryl methyl sites for hydroxylation is 2. The van der Waals surface area contributed by atoms with E-state index in [4.69, 9.17) is 5.11 Å². The minimum Gasteiger partial charge on any atom is -0.481 e. The monoisotopic (exact) mass is 307 g/mol. The maximum atomic E-state index is 12.8. The van der Waals surface area contributed by atoms with Gasteiger partial charge in [0, 0.05) is 31.7 Å². The molecule has 1 aliphatic rings. The molecule has 1 amide bonds. The van der Waals surface area contributed by atoms with E-state index in [0.29, 0.717) is 18.5 Å². The highest BCUT2D eigenvalue weighted by Crippen LogP contribution is 2.24. The van der Waals surface area contributed by atoms with Crippen LogP contribution >= 0.6 is 0 Å². The van der Waals surface area contributed by atoms with E-state index in [9.17, 15) is 9.59 Å². The number of amides is 1. The molecular formula is C16H25N3O3. The molecule has 1 N–H and O–H groups in total. The van der Waals surface area contributed by atoms with Crippen molar-refractivity contribution in [2.45, 2.75) is 53.0 Å². The predicted molar refractivity (Wildman–Crippen MR) is 82.9 cm³/mol. The van der Waals surface area contributed by atoms with E-state index in [2.05, 4.69) is 5.10 Å². The van der Waals surface area contributed by atoms with Crippen molar-refractivity contribution in [1.29, 1.82) is 0 Å². The Morgan fingerprint density at radius 2 is 2.09 bits per heavy atom. The first-order valence-corrected chi connectivity index (χ1v) is 7.99. The quantitative estimate of drug-likeness (QED) is 0.905. The van der Waals surface area contributed by atoms with Gasteiger partial charge in [-0.1, -0.05) is 0 Å². The number of carbonyl (C=O) groups excluding carboxylic acids is 1. The molecule has 0 saturated carbocycles. The number of aromatic nitrogens is 2. The van der Waals surface area contributed by atoms with Crippen molar-refractivity contribution in [1.82, 2.24) is 14.7 Å².